The minimum Gasteiger partial charge on any atom is -0.464 e. The summed E-state index contributed by atoms with van der Waals surface area (Å²) < 4.78 is 15.9. The highest BCUT2D eigenvalue weighted by Gasteiger charge is 2.23. The van der Waals surface area contributed by atoms with Crippen LogP contribution in [0.5, 0.6) is 0 Å². The second kappa shape index (κ2) is 12.8. The van der Waals surface area contributed by atoms with Crippen molar-refractivity contribution in [2.24, 2.45) is 0 Å². The number of carbonyl (C=O) groups excluding carboxylic acids is 2. The molecule has 0 bridgehead atoms. The fourth-order valence-electron chi connectivity index (χ4n) is 3.19. The van der Waals surface area contributed by atoms with E-state index in [-0.39, 0.29) is 25.0 Å². The summed E-state index contributed by atoms with van der Waals surface area (Å²) in [5.74, 6) is 1.22. The van der Waals surface area contributed by atoms with Gasteiger partial charge in [-0.1, -0.05) is 30.3 Å². The predicted octanol–water partition coefficient (Wildman–Crippen LogP) is 1.25. The Kier molecular flexibility index (Phi) is 10.1. The molecule has 1 atom stereocenters. The minimum atomic E-state index is -0.311. The zero-order valence-corrected chi connectivity index (χ0v) is 18.2. The maximum Gasteiger partial charge on any atom is 0.361 e. The summed E-state index contributed by atoms with van der Waals surface area (Å²) in [6.07, 6.45) is 0.748. The summed E-state index contributed by atoms with van der Waals surface area (Å²) in [4.78, 5) is 27.7. The number of aryl methyl sites for hydroxylation is 1. The van der Waals surface area contributed by atoms with Crippen LogP contribution in [0.25, 0.3) is 0 Å². The smallest absolute Gasteiger partial charge is 0.361 e. The molecule has 1 heterocycles. The average molecular weight is 418 g/mol. The second-order valence-corrected chi connectivity index (χ2v) is 7.21. The fourth-order valence-corrected chi connectivity index (χ4v) is 3.19. The second-order valence-electron chi connectivity index (χ2n) is 7.21. The first-order valence-corrected chi connectivity index (χ1v) is 10.4. The molecule has 2 rings (SSSR count). The molecule has 0 aliphatic heterocycles. The molecular formula is C23H33N2O5+. The number of amides is 1. The number of benzene rings is 1. The Hall–Kier alpha value is -2.64. The number of hydrogen-bond acceptors (Lipinski definition) is 5. The van der Waals surface area contributed by atoms with Crippen LogP contribution < -0.4 is 4.90 Å². The number of esters is 1. The van der Waals surface area contributed by atoms with Crippen molar-refractivity contribution in [1.29, 1.82) is 0 Å². The Balaban J connectivity index is 2.06. The van der Waals surface area contributed by atoms with Gasteiger partial charge in [-0.25, -0.2) is 4.79 Å². The molecule has 0 fully saturated rings. The molecule has 1 aromatic carbocycles. The molecule has 0 aliphatic carbocycles. The lowest BCUT2D eigenvalue weighted by atomic mass is 10.1. The van der Waals surface area contributed by atoms with E-state index in [1.165, 1.54) is 5.56 Å². The van der Waals surface area contributed by atoms with Gasteiger partial charge in [-0.15, -0.1) is 0 Å². The summed E-state index contributed by atoms with van der Waals surface area (Å²) >= 11 is 0. The molecule has 7 heteroatoms. The van der Waals surface area contributed by atoms with Gasteiger partial charge in [0.05, 0.1) is 19.8 Å². The topological polar surface area (TPSA) is 73.4 Å². The number of methoxy groups -OCH3 is 1. The number of carbonyl (C=O) groups is 2. The van der Waals surface area contributed by atoms with Gasteiger partial charge in [0.2, 0.25) is 0 Å². The molecule has 164 valence electrons. The van der Waals surface area contributed by atoms with E-state index in [1.54, 1.807) is 18.9 Å². The van der Waals surface area contributed by atoms with Crippen molar-refractivity contribution in [3.63, 3.8) is 0 Å². The maximum atomic E-state index is 13.2. The zero-order valence-electron chi connectivity index (χ0n) is 18.2. The first kappa shape index (κ1) is 23.6. The van der Waals surface area contributed by atoms with Crippen molar-refractivity contribution < 1.29 is 28.4 Å². The van der Waals surface area contributed by atoms with Crippen molar-refractivity contribution >= 4 is 11.9 Å². The van der Waals surface area contributed by atoms with Gasteiger partial charge >= 0.3 is 5.97 Å². The van der Waals surface area contributed by atoms with Crippen molar-refractivity contribution in [3.05, 3.63) is 59.5 Å². The highest BCUT2D eigenvalue weighted by Crippen LogP contribution is 2.11. The Bertz CT molecular complexity index is 775. The molecule has 1 amide bonds. The Morgan fingerprint density at radius 1 is 1.10 bits per heavy atom. The third kappa shape index (κ3) is 8.39. The quantitative estimate of drug-likeness (QED) is 0.497. The lowest BCUT2D eigenvalue weighted by Crippen LogP contribution is -3.14. The highest BCUT2D eigenvalue weighted by molar-refractivity contribution is 5.77. The Morgan fingerprint density at radius 2 is 1.87 bits per heavy atom. The third-order valence-electron chi connectivity index (χ3n) is 4.77. The molecule has 1 unspecified atom stereocenters. The highest BCUT2D eigenvalue weighted by atomic mass is 16.5. The van der Waals surface area contributed by atoms with Crippen LogP contribution in [0.3, 0.4) is 0 Å². The van der Waals surface area contributed by atoms with Gasteiger partial charge in [0.1, 0.15) is 18.1 Å². The van der Waals surface area contributed by atoms with Gasteiger partial charge in [-0.2, -0.15) is 0 Å². The van der Waals surface area contributed by atoms with E-state index in [9.17, 15) is 9.59 Å². The van der Waals surface area contributed by atoms with Gasteiger partial charge < -0.3 is 23.7 Å². The molecule has 0 saturated carbocycles. The molecule has 30 heavy (non-hydrogen) atoms. The Morgan fingerprint density at radius 3 is 2.50 bits per heavy atom. The van der Waals surface area contributed by atoms with Crippen molar-refractivity contribution in [2.45, 2.75) is 26.8 Å². The van der Waals surface area contributed by atoms with E-state index < -0.39 is 0 Å². The average Bonchev–Trinajstić information content (AvgIpc) is 3.14. The van der Waals surface area contributed by atoms with Crippen LogP contribution >= 0.6 is 0 Å². The van der Waals surface area contributed by atoms with E-state index in [2.05, 4.69) is 12.1 Å². The standard InChI is InChI=1S/C23H32N2O5/c1-4-29-23(27)18-24(14-15-28-3)17-22(26)25(16-21-11-10-19(2)30-21)13-12-20-8-6-5-7-9-20/h5-11H,4,12-18H2,1-3H3/p+1. The molecule has 0 spiro atoms. The van der Waals surface area contributed by atoms with Crippen LogP contribution in [-0.4, -0.2) is 63.3 Å². The predicted molar refractivity (Wildman–Crippen MR) is 113 cm³/mol. The van der Waals surface area contributed by atoms with Crippen LogP contribution in [0.1, 0.15) is 24.0 Å². The van der Waals surface area contributed by atoms with Crippen LogP contribution in [0.2, 0.25) is 0 Å². The lowest BCUT2D eigenvalue weighted by Gasteiger charge is -2.25. The third-order valence-corrected chi connectivity index (χ3v) is 4.77. The molecule has 2 aromatic rings. The van der Waals surface area contributed by atoms with E-state index in [4.69, 9.17) is 13.9 Å². The van der Waals surface area contributed by atoms with Crippen molar-refractivity contribution in [3.8, 4) is 0 Å². The van der Waals surface area contributed by atoms with Crippen LogP contribution in [-0.2, 0) is 32.0 Å². The number of furan rings is 1. The maximum absolute atomic E-state index is 13.2. The SMILES string of the molecule is CCOC(=O)C[NH+](CCOC)CC(=O)N(CCc1ccccc1)Cc1ccc(C)o1. The number of nitrogens with zero attached hydrogens (tertiary/aromatic N) is 1. The van der Waals surface area contributed by atoms with Crippen LogP contribution in [0, 0.1) is 6.92 Å². The zero-order chi connectivity index (χ0) is 21.8. The first-order chi connectivity index (χ1) is 14.5. The van der Waals surface area contributed by atoms with Gasteiger partial charge in [0.25, 0.3) is 5.91 Å². The van der Waals surface area contributed by atoms with E-state index in [1.807, 2.05) is 37.3 Å². The van der Waals surface area contributed by atoms with E-state index in [0.29, 0.717) is 32.8 Å². The van der Waals surface area contributed by atoms with E-state index >= 15 is 0 Å². The van der Waals surface area contributed by atoms with Gasteiger partial charge in [-0.05, 0) is 38.0 Å². The van der Waals surface area contributed by atoms with Gasteiger partial charge in [0, 0.05) is 13.7 Å². The van der Waals surface area contributed by atoms with Crippen molar-refractivity contribution in [1.82, 2.24) is 4.90 Å². The minimum absolute atomic E-state index is 0.0321. The largest absolute Gasteiger partial charge is 0.464 e. The number of hydrogen-bond donors (Lipinski definition) is 1. The van der Waals surface area contributed by atoms with E-state index in [0.717, 1.165) is 22.8 Å². The summed E-state index contributed by atoms with van der Waals surface area (Å²) in [5.41, 5.74) is 1.17. The Labute approximate surface area is 178 Å². The molecule has 1 N–H and O–H groups in total. The molecule has 1 aromatic heterocycles. The van der Waals surface area contributed by atoms with Crippen LogP contribution in [0.4, 0.5) is 0 Å². The number of quaternary nitrogens is 1. The lowest BCUT2D eigenvalue weighted by molar-refractivity contribution is -0.885. The molecule has 0 aliphatic rings. The fraction of sp³-hybridized carbons (Fsp3) is 0.478. The van der Waals surface area contributed by atoms with Gasteiger partial charge in [0.15, 0.2) is 13.1 Å². The molecule has 7 nitrogen and oxygen atoms in total. The summed E-state index contributed by atoms with van der Waals surface area (Å²) in [6.45, 7) is 6.29. The van der Waals surface area contributed by atoms with Crippen molar-refractivity contribution in [2.75, 3.05) is 46.5 Å². The number of rotatable bonds is 13. The summed E-state index contributed by atoms with van der Waals surface area (Å²) in [5, 5.41) is 0. The number of nitrogens with one attached hydrogen (secondary N) is 1. The summed E-state index contributed by atoms with van der Waals surface area (Å²) in [6, 6.07) is 13.9. The first-order valence-electron chi connectivity index (χ1n) is 10.4. The normalized spacial score (nSPS) is 11.8. The molecule has 0 saturated heterocycles. The molecule has 0 radical (unpaired) electrons. The summed E-state index contributed by atoms with van der Waals surface area (Å²) in [7, 11) is 1.61. The van der Waals surface area contributed by atoms with Gasteiger partial charge in [-0.3, -0.25) is 4.79 Å². The monoisotopic (exact) mass is 417 g/mol. The number of ether oxygens (including phenoxy) is 2. The molecular weight excluding hydrogens is 384 g/mol. The van der Waals surface area contributed by atoms with Crippen LogP contribution in [0.15, 0.2) is 46.9 Å².